The zero-order chi connectivity index (χ0) is 11.7. The van der Waals surface area contributed by atoms with Crippen LogP contribution in [0, 0.1) is 5.82 Å². The van der Waals surface area contributed by atoms with Crippen LogP contribution in [-0.2, 0) is 0 Å². The molecular weight excluding hydrogens is 235 g/mol. The van der Waals surface area contributed by atoms with E-state index in [2.05, 4.69) is 15.7 Å². The van der Waals surface area contributed by atoms with Gasteiger partial charge in [-0.15, -0.1) is 11.3 Å². The van der Waals surface area contributed by atoms with Gasteiger partial charge in [0.2, 0.25) is 0 Å². The Morgan fingerprint density at radius 3 is 3.12 bits per heavy atom. The smallest absolute Gasteiger partial charge is 0.123 e. The molecule has 88 valence electrons. The summed E-state index contributed by atoms with van der Waals surface area (Å²) in [7, 11) is 0. The van der Waals surface area contributed by atoms with Crippen LogP contribution in [0.25, 0.3) is 10.6 Å². The molecule has 1 fully saturated rings. The van der Waals surface area contributed by atoms with Gasteiger partial charge in [-0.25, -0.2) is 9.37 Å². The van der Waals surface area contributed by atoms with Crippen LogP contribution in [0.5, 0.6) is 0 Å². The largest absolute Gasteiger partial charge is 0.309 e. The van der Waals surface area contributed by atoms with Crippen molar-refractivity contribution in [2.24, 2.45) is 0 Å². The minimum atomic E-state index is -0.210. The number of halogens is 1. The maximum Gasteiger partial charge on any atom is 0.123 e. The SMILES string of the molecule is Fc1cccc(-c2nc(C3CCCN3)cs2)c1. The quantitative estimate of drug-likeness (QED) is 0.881. The molecule has 1 aromatic carbocycles. The molecule has 2 heterocycles. The van der Waals surface area contributed by atoms with Crippen molar-refractivity contribution in [2.75, 3.05) is 6.54 Å². The van der Waals surface area contributed by atoms with Gasteiger partial charge in [0.05, 0.1) is 11.7 Å². The van der Waals surface area contributed by atoms with Crippen molar-refractivity contribution >= 4 is 11.3 Å². The molecule has 1 aliphatic rings. The predicted molar refractivity (Wildman–Crippen MR) is 67.5 cm³/mol. The van der Waals surface area contributed by atoms with E-state index >= 15 is 0 Å². The number of benzene rings is 1. The van der Waals surface area contributed by atoms with Crippen LogP contribution in [0.3, 0.4) is 0 Å². The molecule has 3 rings (SSSR count). The molecule has 1 atom stereocenters. The lowest BCUT2D eigenvalue weighted by Gasteiger charge is -2.04. The first-order valence-electron chi connectivity index (χ1n) is 5.78. The highest BCUT2D eigenvalue weighted by molar-refractivity contribution is 7.13. The first-order chi connectivity index (χ1) is 8.33. The average Bonchev–Trinajstić information content (AvgIpc) is 3.00. The third kappa shape index (κ3) is 2.23. The average molecular weight is 248 g/mol. The van der Waals surface area contributed by atoms with E-state index < -0.39 is 0 Å². The van der Waals surface area contributed by atoms with E-state index in [1.54, 1.807) is 17.4 Å². The van der Waals surface area contributed by atoms with Crippen molar-refractivity contribution in [2.45, 2.75) is 18.9 Å². The van der Waals surface area contributed by atoms with Gasteiger partial charge in [0, 0.05) is 10.9 Å². The fourth-order valence-corrected chi connectivity index (χ4v) is 3.01. The van der Waals surface area contributed by atoms with E-state index in [9.17, 15) is 4.39 Å². The third-order valence-electron chi connectivity index (χ3n) is 3.01. The topological polar surface area (TPSA) is 24.9 Å². The summed E-state index contributed by atoms with van der Waals surface area (Å²) >= 11 is 1.58. The molecule has 0 aliphatic carbocycles. The van der Waals surface area contributed by atoms with Crippen LogP contribution >= 0.6 is 11.3 Å². The maximum atomic E-state index is 13.1. The molecule has 1 N–H and O–H groups in total. The fourth-order valence-electron chi connectivity index (χ4n) is 2.14. The second-order valence-corrected chi connectivity index (χ2v) is 5.09. The van der Waals surface area contributed by atoms with Crippen LogP contribution in [0.15, 0.2) is 29.6 Å². The van der Waals surface area contributed by atoms with Gasteiger partial charge in [-0.05, 0) is 31.5 Å². The van der Waals surface area contributed by atoms with Gasteiger partial charge in [-0.2, -0.15) is 0 Å². The van der Waals surface area contributed by atoms with Crippen molar-refractivity contribution in [3.8, 4) is 10.6 Å². The molecule has 2 aromatic rings. The molecule has 1 aromatic heterocycles. The monoisotopic (exact) mass is 248 g/mol. The molecule has 1 aliphatic heterocycles. The molecule has 17 heavy (non-hydrogen) atoms. The van der Waals surface area contributed by atoms with Crippen LogP contribution in [0.2, 0.25) is 0 Å². The number of thiazole rings is 1. The Hall–Kier alpha value is -1.26. The van der Waals surface area contributed by atoms with Crippen molar-refractivity contribution in [1.29, 1.82) is 0 Å². The molecule has 0 spiro atoms. The number of nitrogens with zero attached hydrogens (tertiary/aromatic N) is 1. The Labute approximate surface area is 104 Å². The Kier molecular flexibility index (Phi) is 2.91. The summed E-state index contributed by atoms with van der Waals surface area (Å²) in [5.74, 6) is -0.210. The molecule has 1 unspecified atom stereocenters. The summed E-state index contributed by atoms with van der Waals surface area (Å²) in [6, 6.07) is 6.99. The number of nitrogens with one attached hydrogen (secondary N) is 1. The number of hydrogen-bond donors (Lipinski definition) is 1. The number of aromatic nitrogens is 1. The third-order valence-corrected chi connectivity index (χ3v) is 3.92. The molecule has 4 heteroatoms. The van der Waals surface area contributed by atoms with E-state index in [0.717, 1.165) is 29.2 Å². The van der Waals surface area contributed by atoms with Gasteiger partial charge in [0.25, 0.3) is 0 Å². The van der Waals surface area contributed by atoms with Crippen LogP contribution in [-0.4, -0.2) is 11.5 Å². The van der Waals surface area contributed by atoms with E-state index in [1.807, 2.05) is 6.07 Å². The van der Waals surface area contributed by atoms with Gasteiger partial charge in [0.1, 0.15) is 10.8 Å². The standard InChI is InChI=1S/C13H13FN2S/c14-10-4-1-3-9(7-10)13-16-12(8-17-13)11-5-2-6-15-11/h1,3-4,7-8,11,15H,2,5-6H2. The van der Waals surface area contributed by atoms with E-state index in [1.165, 1.54) is 18.6 Å². The van der Waals surface area contributed by atoms with Crippen LogP contribution in [0.1, 0.15) is 24.6 Å². The molecule has 2 nitrogen and oxygen atoms in total. The summed E-state index contributed by atoms with van der Waals surface area (Å²) in [6.45, 7) is 1.07. The zero-order valence-electron chi connectivity index (χ0n) is 9.32. The fraction of sp³-hybridized carbons (Fsp3) is 0.308. The van der Waals surface area contributed by atoms with Gasteiger partial charge >= 0.3 is 0 Å². The molecular formula is C13H13FN2S. The Bertz CT molecular complexity index is 518. The zero-order valence-corrected chi connectivity index (χ0v) is 10.1. The molecule has 0 radical (unpaired) electrons. The van der Waals surface area contributed by atoms with E-state index in [-0.39, 0.29) is 5.82 Å². The first-order valence-corrected chi connectivity index (χ1v) is 6.65. The summed E-state index contributed by atoms with van der Waals surface area (Å²) in [4.78, 5) is 4.59. The first kappa shape index (κ1) is 10.9. The number of hydrogen-bond acceptors (Lipinski definition) is 3. The van der Waals surface area contributed by atoms with Gasteiger partial charge in [-0.1, -0.05) is 12.1 Å². The second kappa shape index (κ2) is 4.55. The lowest BCUT2D eigenvalue weighted by Crippen LogP contribution is -2.12. The van der Waals surface area contributed by atoms with Crippen LogP contribution < -0.4 is 5.32 Å². The van der Waals surface area contributed by atoms with Crippen molar-refractivity contribution in [3.63, 3.8) is 0 Å². The highest BCUT2D eigenvalue weighted by atomic mass is 32.1. The Morgan fingerprint density at radius 2 is 2.35 bits per heavy atom. The second-order valence-electron chi connectivity index (χ2n) is 4.24. The van der Waals surface area contributed by atoms with Crippen LogP contribution in [0.4, 0.5) is 4.39 Å². The lowest BCUT2D eigenvalue weighted by molar-refractivity contribution is 0.627. The lowest BCUT2D eigenvalue weighted by atomic mass is 10.2. The minimum absolute atomic E-state index is 0.210. The normalized spacial score (nSPS) is 19.7. The maximum absolute atomic E-state index is 13.1. The van der Waals surface area contributed by atoms with E-state index in [0.29, 0.717) is 6.04 Å². The highest BCUT2D eigenvalue weighted by Gasteiger charge is 2.19. The summed E-state index contributed by atoms with van der Waals surface area (Å²) in [5.41, 5.74) is 1.95. The minimum Gasteiger partial charge on any atom is -0.309 e. The summed E-state index contributed by atoms with van der Waals surface area (Å²) < 4.78 is 13.1. The number of rotatable bonds is 2. The van der Waals surface area contributed by atoms with Gasteiger partial charge in [-0.3, -0.25) is 0 Å². The van der Waals surface area contributed by atoms with E-state index in [4.69, 9.17) is 0 Å². The van der Waals surface area contributed by atoms with Crippen molar-refractivity contribution in [3.05, 3.63) is 41.2 Å². The Balaban J connectivity index is 1.89. The highest BCUT2D eigenvalue weighted by Crippen LogP contribution is 2.29. The predicted octanol–water partition coefficient (Wildman–Crippen LogP) is 3.37. The summed E-state index contributed by atoms with van der Waals surface area (Å²) in [6.07, 6.45) is 2.35. The van der Waals surface area contributed by atoms with Crippen molar-refractivity contribution in [1.82, 2.24) is 10.3 Å². The van der Waals surface area contributed by atoms with Gasteiger partial charge in [0.15, 0.2) is 0 Å². The molecule has 0 amide bonds. The van der Waals surface area contributed by atoms with Gasteiger partial charge < -0.3 is 5.32 Å². The molecule has 1 saturated heterocycles. The van der Waals surface area contributed by atoms with Crippen molar-refractivity contribution < 1.29 is 4.39 Å². The Morgan fingerprint density at radius 1 is 1.41 bits per heavy atom. The summed E-state index contributed by atoms with van der Waals surface area (Å²) in [5, 5.41) is 6.39. The molecule has 0 bridgehead atoms. The molecule has 0 saturated carbocycles.